The Morgan fingerprint density at radius 2 is 1.95 bits per heavy atom. The minimum Gasteiger partial charge on any atom is -0.497 e. The summed E-state index contributed by atoms with van der Waals surface area (Å²) in [5.41, 5.74) is 7.91. The molecular formula is C15H16FNO2. The highest BCUT2D eigenvalue weighted by Crippen LogP contribution is 2.17. The van der Waals surface area contributed by atoms with Crippen LogP contribution in [0, 0.1) is 5.82 Å². The first-order chi connectivity index (χ1) is 9.19. The standard InChI is InChI=1S/C15H16FNO2/c1-18-14-4-2-3-11(7-14)9-19-10-12-5-6-13(16)8-15(12)17/h2-8H,9-10,17H2,1H3. The molecule has 0 fully saturated rings. The number of nitrogen functional groups attached to an aromatic ring is 1. The molecule has 0 saturated heterocycles. The summed E-state index contributed by atoms with van der Waals surface area (Å²) in [6.45, 7) is 0.803. The average molecular weight is 261 g/mol. The van der Waals surface area contributed by atoms with Gasteiger partial charge in [0, 0.05) is 11.3 Å². The Balaban J connectivity index is 1.92. The number of hydrogen-bond donors (Lipinski definition) is 1. The van der Waals surface area contributed by atoms with Gasteiger partial charge in [0.05, 0.1) is 20.3 Å². The summed E-state index contributed by atoms with van der Waals surface area (Å²) in [6, 6.07) is 12.0. The monoisotopic (exact) mass is 261 g/mol. The molecule has 0 aromatic heterocycles. The van der Waals surface area contributed by atoms with Crippen molar-refractivity contribution in [1.82, 2.24) is 0 Å². The zero-order valence-electron chi connectivity index (χ0n) is 10.7. The van der Waals surface area contributed by atoms with Gasteiger partial charge in [-0.25, -0.2) is 4.39 Å². The van der Waals surface area contributed by atoms with Crippen LogP contribution in [0.1, 0.15) is 11.1 Å². The lowest BCUT2D eigenvalue weighted by molar-refractivity contribution is 0.107. The molecule has 100 valence electrons. The van der Waals surface area contributed by atoms with E-state index in [1.807, 2.05) is 24.3 Å². The van der Waals surface area contributed by atoms with E-state index < -0.39 is 0 Å². The second-order valence-electron chi connectivity index (χ2n) is 4.19. The van der Waals surface area contributed by atoms with Crippen molar-refractivity contribution >= 4 is 5.69 Å². The van der Waals surface area contributed by atoms with Crippen LogP contribution >= 0.6 is 0 Å². The van der Waals surface area contributed by atoms with E-state index in [0.717, 1.165) is 16.9 Å². The molecule has 0 amide bonds. The van der Waals surface area contributed by atoms with E-state index in [9.17, 15) is 4.39 Å². The van der Waals surface area contributed by atoms with E-state index in [-0.39, 0.29) is 5.82 Å². The van der Waals surface area contributed by atoms with Crippen molar-refractivity contribution in [1.29, 1.82) is 0 Å². The van der Waals surface area contributed by atoms with Crippen LogP contribution in [-0.4, -0.2) is 7.11 Å². The molecular weight excluding hydrogens is 245 g/mol. The Morgan fingerprint density at radius 1 is 1.11 bits per heavy atom. The van der Waals surface area contributed by atoms with Crippen molar-refractivity contribution in [3.05, 3.63) is 59.4 Å². The summed E-state index contributed by atoms with van der Waals surface area (Å²) in [5, 5.41) is 0. The van der Waals surface area contributed by atoms with Crippen LogP contribution in [0.3, 0.4) is 0 Å². The molecule has 0 atom stereocenters. The summed E-state index contributed by atoms with van der Waals surface area (Å²) in [7, 11) is 1.62. The van der Waals surface area contributed by atoms with Gasteiger partial charge in [-0.05, 0) is 29.8 Å². The maximum Gasteiger partial charge on any atom is 0.125 e. The fourth-order valence-electron chi connectivity index (χ4n) is 1.74. The molecule has 0 aliphatic heterocycles. The van der Waals surface area contributed by atoms with Gasteiger partial charge in [0.15, 0.2) is 0 Å². The van der Waals surface area contributed by atoms with Crippen molar-refractivity contribution < 1.29 is 13.9 Å². The Bertz CT molecular complexity index is 558. The molecule has 19 heavy (non-hydrogen) atoms. The molecule has 2 N–H and O–H groups in total. The first-order valence-electron chi connectivity index (χ1n) is 5.93. The fourth-order valence-corrected chi connectivity index (χ4v) is 1.74. The Labute approximate surface area is 111 Å². The van der Waals surface area contributed by atoms with Crippen LogP contribution in [0.25, 0.3) is 0 Å². The molecule has 0 radical (unpaired) electrons. The van der Waals surface area contributed by atoms with E-state index in [4.69, 9.17) is 15.2 Å². The van der Waals surface area contributed by atoms with Crippen molar-refractivity contribution in [2.24, 2.45) is 0 Å². The summed E-state index contributed by atoms with van der Waals surface area (Å²) in [5.74, 6) is 0.455. The first-order valence-corrected chi connectivity index (χ1v) is 5.93. The quantitative estimate of drug-likeness (QED) is 0.841. The molecule has 2 aromatic rings. The van der Waals surface area contributed by atoms with E-state index >= 15 is 0 Å². The summed E-state index contributed by atoms with van der Waals surface area (Å²) in [6.07, 6.45) is 0. The van der Waals surface area contributed by atoms with Crippen LogP contribution in [0.4, 0.5) is 10.1 Å². The van der Waals surface area contributed by atoms with Gasteiger partial charge in [-0.15, -0.1) is 0 Å². The molecule has 3 nitrogen and oxygen atoms in total. The van der Waals surface area contributed by atoms with Gasteiger partial charge in [0.1, 0.15) is 11.6 Å². The van der Waals surface area contributed by atoms with Crippen LogP contribution < -0.4 is 10.5 Å². The number of anilines is 1. The van der Waals surface area contributed by atoms with E-state index in [2.05, 4.69) is 0 Å². The van der Waals surface area contributed by atoms with Gasteiger partial charge in [-0.2, -0.15) is 0 Å². The number of halogens is 1. The Morgan fingerprint density at radius 3 is 2.68 bits per heavy atom. The minimum absolute atomic E-state index is 0.339. The number of methoxy groups -OCH3 is 1. The zero-order chi connectivity index (χ0) is 13.7. The number of benzene rings is 2. The molecule has 0 aliphatic rings. The highest BCUT2D eigenvalue weighted by Gasteiger charge is 2.02. The molecule has 0 unspecified atom stereocenters. The smallest absolute Gasteiger partial charge is 0.125 e. The van der Waals surface area contributed by atoms with E-state index in [0.29, 0.717) is 18.9 Å². The minimum atomic E-state index is -0.339. The van der Waals surface area contributed by atoms with Crippen molar-refractivity contribution in [3.63, 3.8) is 0 Å². The van der Waals surface area contributed by atoms with E-state index in [1.54, 1.807) is 13.2 Å². The van der Waals surface area contributed by atoms with Crippen molar-refractivity contribution in [2.75, 3.05) is 12.8 Å². The third-order valence-electron chi connectivity index (χ3n) is 2.77. The highest BCUT2D eigenvalue weighted by molar-refractivity contribution is 5.46. The number of nitrogens with two attached hydrogens (primary N) is 1. The number of rotatable bonds is 5. The number of hydrogen-bond acceptors (Lipinski definition) is 3. The zero-order valence-corrected chi connectivity index (χ0v) is 10.7. The lowest BCUT2D eigenvalue weighted by Gasteiger charge is -2.08. The van der Waals surface area contributed by atoms with Crippen LogP contribution in [-0.2, 0) is 18.0 Å². The lowest BCUT2D eigenvalue weighted by atomic mass is 10.2. The summed E-state index contributed by atoms with van der Waals surface area (Å²) in [4.78, 5) is 0. The third-order valence-corrected chi connectivity index (χ3v) is 2.77. The first kappa shape index (κ1) is 13.4. The predicted molar refractivity (Wildman–Crippen MR) is 72.3 cm³/mol. The molecule has 0 saturated carbocycles. The third kappa shape index (κ3) is 3.69. The molecule has 2 aromatic carbocycles. The predicted octanol–water partition coefficient (Wildman–Crippen LogP) is 3.13. The summed E-state index contributed by atoms with van der Waals surface area (Å²) >= 11 is 0. The Kier molecular flexibility index (Phi) is 4.36. The maximum absolute atomic E-state index is 12.9. The normalized spacial score (nSPS) is 10.4. The topological polar surface area (TPSA) is 44.5 Å². The Hall–Kier alpha value is -2.07. The molecule has 0 bridgehead atoms. The molecule has 0 heterocycles. The van der Waals surface area contributed by atoms with Crippen LogP contribution in [0.15, 0.2) is 42.5 Å². The highest BCUT2D eigenvalue weighted by atomic mass is 19.1. The second-order valence-corrected chi connectivity index (χ2v) is 4.19. The van der Waals surface area contributed by atoms with Gasteiger partial charge >= 0.3 is 0 Å². The van der Waals surface area contributed by atoms with Crippen LogP contribution in [0.5, 0.6) is 5.75 Å². The van der Waals surface area contributed by atoms with Gasteiger partial charge in [-0.3, -0.25) is 0 Å². The lowest BCUT2D eigenvalue weighted by Crippen LogP contribution is -1.99. The molecule has 0 aliphatic carbocycles. The van der Waals surface area contributed by atoms with Crippen LogP contribution in [0.2, 0.25) is 0 Å². The van der Waals surface area contributed by atoms with Crippen molar-refractivity contribution in [3.8, 4) is 5.75 Å². The summed E-state index contributed by atoms with van der Waals surface area (Å²) < 4.78 is 23.6. The maximum atomic E-state index is 12.9. The van der Waals surface area contributed by atoms with Gasteiger partial charge in [0.25, 0.3) is 0 Å². The number of ether oxygens (including phenoxy) is 2. The molecule has 2 rings (SSSR count). The molecule has 4 heteroatoms. The van der Waals surface area contributed by atoms with Crippen molar-refractivity contribution in [2.45, 2.75) is 13.2 Å². The second kappa shape index (κ2) is 6.20. The SMILES string of the molecule is COc1cccc(COCc2ccc(F)cc2N)c1. The van der Waals surface area contributed by atoms with Gasteiger partial charge < -0.3 is 15.2 Å². The fraction of sp³-hybridized carbons (Fsp3) is 0.200. The van der Waals surface area contributed by atoms with Gasteiger partial charge in [-0.1, -0.05) is 18.2 Å². The van der Waals surface area contributed by atoms with Gasteiger partial charge in [0.2, 0.25) is 0 Å². The average Bonchev–Trinajstić information content (AvgIpc) is 2.41. The largest absolute Gasteiger partial charge is 0.497 e. The molecule has 0 spiro atoms. The van der Waals surface area contributed by atoms with E-state index in [1.165, 1.54) is 12.1 Å².